The highest BCUT2D eigenvalue weighted by Crippen LogP contribution is 2.22. The Kier molecular flexibility index (Phi) is 4.99. The third-order valence-electron chi connectivity index (χ3n) is 2.03. The van der Waals surface area contributed by atoms with E-state index in [9.17, 15) is 0 Å². The molecule has 4 heteroatoms. The van der Waals surface area contributed by atoms with Crippen molar-refractivity contribution in [2.45, 2.75) is 13.8 Å². The summed E-state index contributed by atoms with van der Waals surface area (Å²) in [6.07, 6.45) is 3.88. The van der Waals surface area contributed by atoms with E-state index in [2.05, 4.69) is 16.2 Å². The Morgan fingerprint density at radius 1 is 1.53 bits per heavy atom. The van der Waals surface area contributed by atoms with Crippen molar-refractivity contribution in [2.75, 3.05) is 12.8 Å². The summed E-state index contributed by atoms with van der Waals surface area (Å²) in [5, 5.41) is 0.753. The zero-order valence-corrected chi connectivity index (χ0v) is 10.8. The maximum Gasteiger partial charge on any atom is 0.101 e. The maximum absolute atomic E-state index is 5.87. The van der Waals surface area contributed by atoms with E-state index in [0.29, 0.717) is 0 Å². The molecule has 2 nitrogen and oxygen atoms in total. The van der Waals surface area contributed by atoms with Crippen molar-refractivity contribution in [2.24, 2.45) is 4.99 Å². The first-order valence-corrected chi connectivity index (χ1v) is 6.34. The highest BCUT2D eigenvalue weighted by molar-refractivity contribution is 7.96. The Balaban J connectivity index is 2.80. The van der Waals surface area contributed by atoms with Crippen molar-refractivity contribution in [3.63, 3.8) is 0 Å². The number of aliphatic imine (C=N–C) groups is 1. The van der Waals surface area contributed by atoms with Crippen LogP contribution in [0.25, 0.3) is 0 Å². The summed E-state index contributed by atoms with van der Waals surface area (Å²) in [6, 6.07) is 5.71. The van der Waals surface area contributed by atoms with Crippen LogP contribution in [0, 0.1) is 6.92 Å². The average Bonchev–Trinajstić information content (AvgIpc) is 2.22. The van der Waals surface area contributed by atoms with Gasteiger partial charge in [0.25, 0.3) is 0 Å². The number of hydrogen-bond donors (Lipinski definition) is 0. The topological polar surface area (TPSA) is 15.6 Å². The van der Waals surface area contributed by atoms with Gasteiger partial charge in [0.1, 0.15) is 6.34 Å². The summed E-state index contributed by atoms with van der Waals surface area (Å²) in [4.78, 5) is 4.41. The van der Waals surface area contributed by atoms with Gasteiger partial charge in [0.15, 0.2) is 0 Å². The van der Waals surface area contributed by atoms with E-state index in [1.807, 2.05) is 37.7 Å². The predicted octanol–water partition coefficient (Wildman–Crippen LogP) is 3.91. The predicted molar refractivity (Wildman–Crippen MR) is 70.2 cm³/mol. The molecule has 0 radical (unpaired) electrons. The smallest absolute Gasteiger partial charge is 0.101 e. The van der Waals surface area contributed by atoms with Gasteiger partial charge in [-0.25, -0.2) is 4.99 Å². The molecule has 0 bridgehead atoms. The second kappa shape index (κ2) is 6.03. The van der Waals surface area contributed by atoms with Crippen LogP contribution in [0.3, 0.4) is 0 Å². The summed E-state index contributed by atoms with van der Waals surface area (Å²) >= 11 is 7.52. The Hall–Kier alpha value is -0.670. The zero-order chi connectivity index (χ0) is 11.3. The van der Waals surface area contributed by atoms with E-state index in [1.54, 1.807) is 11.9 Å². The second-order valence-corrected chi connectivity index (χ2v) is 4.36. The average molecular weight is 243 g/mol. The summed E-state index contributed by atoms with van der Waals surface area (Å²) in [7, 11) is 0. The number of aryl methyl sites for hydroxylation is 1. The van der Waals surface area contributed by atoms with Gasteiger partial charge < -0.3 is 4.31 Å². The van der Waals surface area contributed by atoms with Crippen LogP contribution in [0.1, 0.15) is 12.5 Å². The summed E-state index contributed by atoms with van der Waals surface area (Å²) in [5.41, 5.74) is 2.06. The molecule has 0 spiro atoms. The molecule has 0 saturated carbocycles. The Morgan fingerprint density at radius 3 is 2.80 bits per heavy atom. The molecule has 0 aliphatic rings. The van der Waals surface area contributed by atoms with Crippen LogP contribution in [-0.4, -0.2) is 23.4 Å². The van der Waals surface area contributed by atoms with Crippen molar-refractivity contribution in [3.05, 3.63) is 28.8 Å². The van der Waals surface area contributed by atoms with Crippen LogP contribution in [0.5, 0.6) is 0 Å². The first-order valence-electron chi connectivity index (χ1n) is 4.78. The fraction of sp³-hybridized carbons (Fsp3) is 0.364. The monoisotopic (exact) mass is 242 g/mol. The fourth-order valence-corrected chi connectivity index (χ4v) is 1.77. The normalized spacial score (nSPS) is 10.9. The molecule has 0 amide bonds. The lowest BCUT2D eigenvalue weighted by molar-refractivity contribution is 0.737. The van der Waals surface area contributed by atoms with Crippen molar-refractivity contribution < 1.29 is 0 Å². The summed E-state index contributed by atoms with van der Waals surface area (Å²) in [5.74, 6) is 0. The molecule has 0 atom stereocenters. The van der Waals surface area contributed by atoms with Gasteiger partial charge in [-0.1, -0.05) is 23.5 Å². The largest absolute Gasteiger partial charge is 0.307 e. The van der Waals surface area contributed by atoms with Gasteiger partial charge in [0, 0.05) is 17.8 Å². The number of rotatable bonds is 4. The molecule has 0 aliphatic carbocycles. The fourth-order valence-electron chi connectivity index (χ4n) is 1.15. The highest BCUT2D eigenvalue weighted by atomic mass is 35.5. The van der Waals surface area contributed by atoms with Crippen LogP contribution < -0.4 is 0 Å². The quantitative estimate of drug-likeness (QED) is 0.452. The van der Waals surface area contributed by atoms with Gasteiger partial charge in [-0.3, -0.25) is 0 Å². The molecule has 82 valence electrons. The first kappa shape index (κ1) is 12.4. The molecule has 0 N–H and O–H groups in total. The SMILES string of the molecule is CCN(C=Nc1ccc(Cl)cc1C)SC. The molecule has 0 saturated heterocycles. The van der Waals surface area contributed by atoms with Crippen molar-refractivity contribution in [3.8, 4) is 0 Å². The maximum atomic E-state index is 5.87. The lowest BCUT2D eigenvalue weighted by Gasteiger charge is -2.12. The third-order valence-corrected chi connectivity index (χ3v) is 3.09. The highest BCUT2D eigenvalue weighted by Gasteiger charge is 1.97. The van der Waals surface area contributed by atoms with E-state index in [0.717, 1.165) is 22.8 Å². The molecule has 0 heterocycles. The van der Waals surface area contributed by atoms with Crippen LogP contribution in [-0.2, 0) is 0 Å². The Labute approximate surface area is 100 Å². The van der Waals surface area contributed by atoms with Crippen LogP contribution >= 0.6 is 23.5 Å². The minimum absolute atomic E-state index is 0.753. The summed E-state index contributed by atoms with van der Waals surface area (Å²) in [6.45, 7) is 5.04. The van der Waals surface area contributed by atoms with Crippen molar-refractivity contribution >= 4 is 35.6 Å². The zero-order valence-electron chi connectivity index (χ0n) is 9.20. The molecule has 0 fully saturated rings. The number of nitrogens with zero attached hydrogens (tertiary/aromatic N) is 2. The number of hydrogen-bond acceptors (Lipinski definition) is 2. The second-order valence-electron chi connectivity index (χ2n) is 3.09. The molecule has 1 rings (SSSR count). The molecule has 0 aromatic heterocycles. The van der Waals surface area contributed by atoms with Crippen LogP contribution in [0.15, 0.2) is 23.2 Å². The molecule has 15 heavy (non-hydrogen) atoms. The molecule has 0 aliphatic heterocycles. The lowest BCUT2D eigenvalue weighted by atomic mass is 10.2. The van der Waals surface area contributed by atoms with Gasteiger partial charge in [0.2, 0.25) is 0 Å². The standard InChI is InChI=1S/C11H15ClN2S/c1-4-14(15-3)8-13-11-6-5-10(12)7-9(11)2/h5-8H,4H2,1-3H3. The van der Waals surface area contributed by atoms with E-state index in [-0.39, 0.29) is 0 Å². The lowest BCUT2D eigenvalue weighted by Crippen LogP contribution is -2.10. The third kappa shape index (κ3) is 3.76. The molecular formula is C11H15ClN2S. The Morgan fingerprint density at radius 2 is 2.27 bits per heavy atom. The minimum atomic E-state index is 0.753. The van der Waals surface area contributed by atoms with Gasteiger partial charge in [0.05, 0.1) is 5.69 Å². The van der Waals surface area contributed by atoms with Gasteiger partial charge in [-0.2, -0.15) is 0 Å². The van der Waals surface area contributed by atoms with Gasteiger partial charge in [-0.15, -0.1) is 0 Å². The van der Waals surface area contributed by atoms with Crippen molar-refractivity contribution in [1.29, 1.82) is 0 Å². The van der Waals surface area contributed by atoms with Gasteiger partial charge >= 0.3 is 0 Å². The first-order chi connectivity index (χ1) is 7.17. The molecule has 1 aromatic carbocycles. The molecular weight excluding hydrogens is 228 g/mol. The van der Waals surface area contributed by atoms with E-state index in [1.165, 1.54) is 0 Å². The molecule has 1 aromatic rings. The van der Waals surface area contributed by atoms with Gasteiger partial charge in [-0.05, 0) is 37.6 Å². The van der Waals surface area contributed by atoms with E-state index < -0.39 is 0 Å². The van der Waals surface area contributed by atoms with E-state index in [4.69, 9.17) is 11.6 Å². The van der Waals surface area contributed by atoms with Crippen molar-refractivity contribution in [1.82, 2.24) is 4.31 Å². The minimum Gasteiger partial charge on any atom is -0.307 e. The Bertz CT molecular complexity index is 348. The number of halogens is 1. The number of benzene rings is 1. The van der Waals surface area contributed by atoms with E-state index >= 15 is 0 Å². The van der Waals surface area contributed by atoms with Crippen LogP contribution in [0.4, 0.5) is 5.69 Å². The summed E-state index contributed by atoms with van der Waals surface area (Å²) < 4.78 is 2.06. The van der Waals surface area contributed by atoms with Crippen LogP contribution in [0.2, 0.25) is 5.02 Å². The molecule has 0 unspecified atom stereocenters.